The summed E-state index contributed by atoms with van der Waals surface area (Å²) < 4.78 is 7.59. The molecule has 0 aliphatic rings. The van der Waals surface area contributed by atoms with E-state index in [1.54, 1.807) is 12.1 Å². The van der Waals surface area contributed by atoms with Crippen molar-refractivity contribution >= 4 is 17.5 Å². The third-order valence-corrected chi connectivity index (χ3v) is 4.31. The molecule has 1 heterocycles. The number of carbonyl (C=O) groups is 1. The Labute approximate surface area is 163 Å². The number of hydrogen-bond donors (Lipinski definition) is 1. The summed E-state index contributed by atoms with van der Waals surface area (Å²) >= 11 is 5.86. The van der Waals surface area contributed by atoms with Crippen molar-refractivity contribution in [2.24, 2.45) is 0 Å². The van der Waals surface area contributed by atoms with E-state index in [9.17, 15) is 4.79 Å². The Hall–Kier alpha value is -2.79. The lowest BCUT2D eigenvalue weighted by atomic mass is 10.1. The maximum atomic E-state index is 12.2. The zero-order valence-corrected chi connectivity index (χ0v) is 15.9. The van der Waals surface area contributed by atoms with Gasteiger partial charge in [-0.3, -0.25) is 9.48 Å². The molecule has 0 fully saturated rings. The molecule has 3 aromatic rings. The molecule has 2 aromatic carbocycles. The van der Waals surface area contributed by atoms with Gasteiger partial charge in [0.25, 0.3) is 5.91 Å². The Morgan fingerprint density at radius 1 is 1.11 bits per heavy atom. The summed E-state index contributed by atoms with van der Waals surface area (Å²) in [5, 5.41) is 7.94. The number of hydrogen-bond acceptors (Lipinski definition) is 3. The third-order valence-electron chi connectivity index (χ3n) is 4.06. The largest absolute Gasteiger partial charge is 0.489 e. The van der Waals surface area contributed by atoms with Gasteiger partial charge in [0.15, 0.2) is 0 Å². The topological polar surface area (TPSA) is 56.2 Å². The van der Waals surface area contributed by atoms with E-state index in [0.29, 0.717) is 23.7 Å². The first-order valence-electron chi connectivity index (χ1n) is 8.86. The molecule has 0 unspecified atom stereocenters. The fourth-order valence-corrected chi connectivity index (χ4v) is 2.71. The number of benzene rings is 2. The predicted molar refractivity (Wildman–Crippen MR) is 106 cm³/mol. The van der Waals surface area contributed by atoms with Crippen LogP contribution in [-0.2, 0) is 13.2 Å². The Bertz CT molecular complexity index is 873. The van der Waals surface area contributed by atoms with E-state index in [1.807, 2.05) is 60.3 Å². The maximum absolute atomic E-state index is 12.2. The van der Waals surface area contributed by atoms with Crippen LogP contribution < -0.4 is 10.1 Å². The third kappa shape index (κ3) is 5.86. The zero-order chi connectivity index (χ0) is 19.1. The van der Waals surface area contributed by atoms with Gasteiger partial charge in [0.1, 0.15) is 12.4 Å². The van der Waals surface area contributed by atoms with Gasteiger partial charge in [-0.15, -0.1) is 0 Å². The standard InChI is InChI=1S/C21H22ClN3O2/c1-16-11-14-25(24-16)13-2-12-23-21(26)18-5-3-17(4-6-18)15-27-20-9-7-19(22)8-10-20/h3-11,14H,2,12-13,15H2,1H3,(H,23,26). The second-order valence-electron chi connectivity index (χ2n) is 6.27. The Balaban J connectivity index is 1.42. The van der Waals surface area contributed by atoms with Crippen molar-refractivity contribution in [1.29, 1.82) is 0 Å². The molecular weight excluding hydrogens is 362 g/mol. The zero-order valence-electron chi connectivity index (χ0n) is 15.2. The van der Waals surface area contributed by atoms with Gasteiger partial charge in [-0.2, -0.15) is 5.10 Å². The van der Waals surface area contributed by atoms with E-state index in [4.69, 9.17) is 16.3 Å². The first-order chi connectivity index (χ1) is 13.1. The quantitative estimate of drug-likeness (QED) is 0.592. The van der Waals surface area contributed by atoms with Gasteiger partial charge >= 0.3 is 0 Å². The van der Waals surface area contributed by atoms with Crippen molar-refractivity contribution in [1.82, 2.24) is 15.1 Å². The van der Waals surface area contributed by atoms with E-state index in [-0.39, 0.29) is 5.91 Å². The molecule has 1 amide bonds. The molecule has 0 saturated heterocycles. The molecule has 140 valence electrons. The lowest BCUT2D eigenvalue weighted by Gasteiger charge is -2.08. The first-order valence-corrected chi connectivity index (χ1v) is 9.23. The van der Waals surface area contributed by atoms with Gasteiger partial charge < -0.3 is 10.1 Å². The van der Waals surface area contributed by atoms with Gasteiger partial charge in [-0.1, -0.05) is 23.7 Å². The summed E-state index contributed by atoms with van der Waals surface area (Å²) in [6.07, 6.45) is 2.78. The minimum atomic E-state index is -0.0724. The van der Waals surface area contributed by atoms with E-state index >= 15 is 0 Å². The molecule has 0 aliphatic carbocycles. The molecule has 6 heteroatoms. The van der Waals surface area contributed by atoms with Gasteiger partial charge in [0, 0.05) is 29.9 Å². The SMILES string of the molecule is Cc1ccn(CCCNC(=O)c2ccc(COc3ccc(Cl)cc3)cc2)n1. The van der Waals surface area contributed by atoms with Gasteiger partial charge in [-0.05, 0) is 61.4 Å². The summed E-state index contributed by atoms with van der Waals surface area (Å²) in [6, 6.07) is 16.6. The second kappa shape index (κ2) is 9.24. The highest BCUT2D eigenvalue weighted by Crippen LogP contribution is 2.17. The Morgan fingerprint density at radius 3 is 2.52 bits per heavy atom. The molecule has 0 spiro atoms. The summed E-state index contributed by atoms with van der Waals surface area (Å²) in [5.74, 6) is 0.686. The van der Waals surface area contributed by atoms with Crippen molar-refractivity contribution in [3.05, 3.63) is 82.6 Å². The summed E-state index contributed by atoms with van der Waals surface area (Å²) in [6.45, 7) is 3.80. The molecule has 0 aliphatic heterocycles. The van der Waals surface area contributed by atoms with Crippen LogP contribution in [-0.4, -0.2) is 22.2 Å². The number of aromatic nitrogens is 2. The van der Waals surface area contributed by atoms with Gasteiger partial charge in [-0.25, -0.2) is 0 Å². The van der Waals surface area contributed by atoms with E-state index in [0.717, 1.165) is 30.0 Å². The molecule has 27 heavy (non-hydrogen) atoms. The second-order valence-corrected chi connectivity index (χ2v) is 6.71. The smallest absolute Gasteiger partial charge is 0.251 e. The highest BCUT2D eigenvalue weighted by molar-refractivity contribution is 6.30. The number of amides is 1. The van der Waals surface area contributed by atoms with Gasteiger partial charge in [0.2, 0.25) is 0 Å². The van der Waals surface area contributed by atoms with Crippen LogP contribution in [0.1, 0.15) is 28.0 Å². The number of rotatable bonds is 8. The fraction of sp³-hybridized carbons (Fsp3) is 0.238. The van der Waals surface area contributed by atoms with Crippen molar-refractivity contribution in [2.75, 3.05) is 6.54 Å². The molecular formula is C21H22ClN3O2. The fourth-order valence-electron chi connectivity index (χ4n) is 2.58. The van der Waals surface area contributed by atoms with Crippen molar-refractivity contribution in [3.63, 3.8) is 0 Å². The minimum Gasteiger partial charge on any atom is -0.489 e. The monoisotopic (exact) mass is 383 g/mol. The summed E-state index contributed by atoms with van der Waals surface area (Å²) in [7, 11) is 0. The highest BCUT2D eigenvalue weighted by atomic mass is 35.5. The average molecular weight is 384 g/mol. The number of nitrogens with zero attached hydrogens (tertiary/aromatic N) is 2. The van der Waals surface area contributed by atoms with Crippen molar-refractivity contribution in [3.8, 4) is 5.75 Å². The van der Waals surface area contributed by atoms with E-state index in [1.165, 1.54) is 0 Å². The maximum Gasteiger partial charge on any atom is 0.251 e. The van der Waals surface area contributed by atoms with Crippen LogP contribution in [0.5, 0.6) is 5.75 Å². The van der Waals surface area contributed by atoms with Crippen molar-refractivity contribution in [2.45, 2.75) is 26.5 Å². The van der Waals surface area contributed by atoms with Crippen LogP contribution in [0.2, 0.25) is 5.02 Å². The molecule has 5 nitrogen and oxygen atoms in total. The van der Waals surface area contributed by atoms with Gasteiger partial charge in [0.05, 0.1) is 5.69 Å². The first kappa shape index (κ1) is 19.0. The lowest BCUT2D eigenvalue weighted by Crippen LogP contribution is -2.25. The summed E-state index contributed by atoms with van der Waals surface area (Å²) in [5.41, 5.74) is 2.63. The normalized spacial score (nSPS) is 10.6. The highest BCUT2D eigenvalue weighted by Gasteiger charge is 2.05. The number of carbonyl (C=O) groups excluding carboxylic acids is 1. The van der Waals surface area contributed by atoms with E-state index < -0.39 is 0 Å². The molecule has 1 aromatic heterocycles. The molecule has 1 N–H and O–H groups in total. The molecule has 0 saturated carbocycles. The van der Waals surface area contributed by atoms with E-state index in [2.05, 4.69) is 10.4 Å². The minimum absolute atomic E-state index is 0.0724. The average Bonchev–Trinajstić information content (AvgIpc) is 3.10. The van der Waals surface area contributed by atoms with Crippen LogP contribution in [0.4, 0.5) is 0 Å². The lowest BCUT2D eigenvalue weighted by molar-refractivity contribution is 0.0952. The van der Waals surface area contributed by atoms with Crippen LogP contribution in [0.15, 0.2) is 60.8 Å². The number of aryl methyl sites for hydroxylation is 2. The van der Waals surface area contributed by atoms with Crippen LogP contribution in [0.3, 0.4) is 0 Å². The summed E-state index contributed by atoms with van der Waals surface area (Å²) in [4.78, 5) is 12.2. The van der Waals surface area contributed by atoms with Crippen LogP contribution in [0, 0.1) is 6.92 Å². The Morgan fingerprint density at radius 2 is 1.85 bits per heavy atom. The number of ether oxygens (including phenoxy) is 1. The number of halogens is 1. The Kier molecular flexibility index (Phi) is 6.49. The molecule has 0 radical (unpaired) electrons. The molecule has 0 atom stereocenters. The van der Waals surface area contributed by atoms with Crippen LogP contribution in [0.25, 0.3) is 0 Å². The molecule has 0 bridgehead atoms. The van der Waals surface area contributed by atoms with Crippen LogP contribution >= 0.6 is 11.6 Å². The molecule has 3 rings (SSSR count). The predicted octanol–water partition coefficient (Wildman–Crippen LogP) is 4.24. The number of nitrogens with one attached hydrogen (secondary N) is 1. The van der Waals surface area contributed by atoms with Crippen molar-refractivity contribution < 1.29 is 9.53 Å².